The molecule has 0 N–H and O–H groups in total. The highest BCUT2D eigenvalue weighted by atomic mass is 15.2. The summed E-state index contributed by atoms with van der Waals surface area (Å²) in [6, 6.07) is 9.25. The van der Waals surface area contributed by atoms with Crippen molar-refractivity contribution >= 4 is 5.69 Å². The molecule has 0 aliphatic heterocycles. The van der Waals surface area contributed by atoms with Gasteiger partial charge in [0.25, 0.3) is 0 Å². The lowest BCUT2D eigenvalue weighted by molar-refractivity contribution is 0.771. The van der Waals surface area contributed by atoms with Crippen LogP contribution >= 0.6 is 0 Å². The van der Waals surface area contributed by atoms with Gasteiger partial charge in [-0.15, -0.1) is 0 Å². The second-order valence-corrected chi connectivity index (χ2v) is 3.11. The molecule has 0 atom stereocenters. The number of hydrogen-bond acceptors (Lipinski definition) is 2. The van der Waals surface area contributed by atoms with E-state index in [1.165, 1.54) is 0 Å². The van der Waals surface area contributed by atoms with E-state index in [-0.39, 0.29) is 0 Å². The van der Waals surface area contributed by atoms with Crippen LogP contribution in [0.15, 0.2) is 41.6 Å². The van der Waals surface area contributed by atoms with Gasteiger partial charge in [-0.2, -0.15) is 5.10 Å². The molecule has 2 aromatic rings. The van der Waals surface area contributed by atoms with Gasteiger partial charge in [-0.05, 0) is 17.7 Å². The van der Waals surface area contributed by atoms with Gasteiger partial charge in [-0.25, -0.2) is 0 Å². The Labute approximate surface area is 86.6 Å². The molecule has 0 aliphatic carbocycles. The Kier molecular flexibility index (Phi) is 2.39. The van der Waals surface area contributed by atoms with Crippen LogP contribution in [0.4, 0.5) is 5.69 Å². The van der Waals surface area contributed by atoms with Crippen LogP contribution in [0, 0.1) is 0 Å². The highest BCUT2D eigenvalue weighted by molar-refractivity contribution is 5.63. The molecule has 0 aliphatic rings. The molecule has 0 bridgehead atoms. The Balaban J connectivity index is 2.44. The van der Waals surface area contributed by atoms with E-state index in [0.717, 1.165) is 11.3 Å². The smallest absolute Gasteiger partial charge is 0.0923 e. The summed E-state index contributed by atoms with van der Waals surface area (Å²) in [5, 5.41) is 7.81. The van der Waals surface area contributed by atoms with E-state index < -0.39 is 0 Å². The van der Waals surface area contributed by atoms with Crippen LogP contribution < -0.4 is 0 Å². The Morgan fingerprint density at radius 1 is 1.40 bits per heavy atom. The predicted octanol–water partition coefficient (Wildman–Crippen LogP) is 3.03. The summed E-state index contributed by atoms with van der Waals surface area (Å²) in [6.07, 6.45) is 1.87. The second kappa shape index (κ2) is 3.86. The molecular formula is C10H9N5. The molecule has 1 heterocycles. The molecule has 5 nitrogen and oxygen atoms in total. The van der Waals surface area contributed by atoms with Crippen molar-refractivity contribution in [1.82, 2.24) is 9.78 Å². The fourth-order valence-electron chi connectivity index (χ4n) is 1.35. The fourth-order valence-corrected chi connectivity index (χ4v) is 1.35. The molecule has 0 spiro atoms. The zero-order valence-corrected chi connectivity index (χ0v) is 8.20. The first kappa shape index (κ1) is 9.30. The summed E-state index contributed by atoms with van der Waals surface area (Å²) in [4.78, 5) is 2.75. The van der Waals surface area contributed by atoms with Crippen molar-refractivity contribution < 1.29 is 0 Å². The molecule has 0 saturated carbocycles. The number of azide groups is 1. The normalized spacial score (nSPS) is 9.67. The first-order chi connectivity index (χ1) is 7.29. The van der Waals surface area contributed by atoms with Crippen molar-refractivity contribution in [3.8, 4) is 11.3 Å². The third-order valence-electron chi connectivity index (χ3n) is 2.02. The fraction of sp³-hybridized carbons (Fsp3) is 0.100. The standard InChI is InChI=1S/C10H9N5/c1-15-6-5-10(13-15)8-3-2-4-9(7-8)12-14-11/h2-7H,1H3. The van der Waals surface area contributed by atoms with Crippen molar-refractivity contribution in [2.24, 2.45) is 12.2 Å². The molecule has 74 valence electrons. The quantitative estimate of drug-likeness (QED) is 0.416. The van der Waals surface area contributed by atoms with Crippen LogP contribution in [-0.2, 0) is 7.05 Å². The van der Waals surface area contributed by atoms with Gasteiger partial charge in [0.15, 0.2) is 0 Å². The van der Waals surface area contributed by atoms with Crippen LogP contribution in [0.5, 0.6) is 0 Å². The first-order valence-corrected chi connectivity index (χ1v) is 4.45. The number of aryl methyl sites for hydroxylation is 1. The highest BCUT2D eigenvalue weighted by Gasteiger charge is 2.00. The average molecular weight is 199 g/mol. The lowest BCUT2D eigenvalue weighted by Crippen LogP contribution is -1.87. The molecule has 0 unspecified atom stereocenters. The third-order valence-corrected chi connectivity index (χ3v) is 2.02. The maximum Gasteiger partial charge on any atom is 0.0923 e. The molecule has 15 heavy (non-hydrogen) atoms. The molecular weight excluding hydrogens is 190 g/mol. The van der Waals surface area contributed by atoms with Crippen molar-refractivity contribution in [2.45, 2.75) is 0 Å². The van der Waals surface area contributed by atoms with Crippen LogP contribution in [0.25, 0.3) is 21.7 Å². The summed E-state index contributed by atoms with van der Waals surface area (Å²) in [7, 11) is 1.86. The van der Waals surface area contributed by atoms with Crippen molar-refractivity contribution in [3.63, 3.8) is 0 Å². The molecule has 5 heteroatoms. The zero-order chi connectivity index (χ0) is 10.7. The Morgan fingerprint density at radius 2 is 2.27 bits per heavy atom. The topological polar surface area (TPSA) is 66.6 Å². The Morgan fingerprint density at radius 3 is 2.93 bits per heavy atom. The minimum absolute atomic E-state index is 0.598. The van der Waals surface area contributed by atoms with E-state index in [0.29, 0.717) is 5.69 Å². The monoisotopic (exact) mass is 199 g/mol. The number of hydrogen-bond donors (Lipinski definition) is 0. The number of benzene rings is 1. The minimum atomic E-state index is 0.598. The SMILES string of the molecule is Cn1ccc(-c2cccc(N=[N+]=[N-])c2)n1. The Bertz CT molecular complexity index is 522. The van der Waals surface area contributed by atoms with Gasteiger partial charge < -0.3 is 0 Å². The summed E-state index contributed by atoms with van der Waals surface area (Å²) in [5.74, 6) is 0. The van der Waals surface area contributed by atoms with Gasteiger partial charge >= 0.3 is 0 Å². The number of rotatable bonds is 2. The van der Waals surface area contributed by atoms with Gasteiger partial charge in [0.2, 0.25) is 0 Å². The van der Waals surface area contributed by atoms with Crippen molar-refractivity contribution in [3.05, 3.63) is 47.0 Å². The van der Waals surface area contributed by atoms with Crippen LogP contribution in [0.2, 0.25) is 0 Å². The number of nitrogens with zero attached hydrogens (tertiary/aromatic N) is 5. The van der Waals surface area contributed by atoms with Gasteiger partial charge in [0, 0.05) is 29.4 Å². The summed E-state index contributed by atoms with van der Waals surface area (Å²) < 4.78 is 1.73. The van der Waals surface area contributed by atoms with Crippen LogP contribution in [-0.4, -0.2) is 9.78 Å². The van der Waals surface area contributed by atoms with E-state index in [2.05, 4.69) is 15.1 Å². The van der Waals surface area contributed by atoms with E-state index in [1.54, 1.807) is 10.7 Å². The van der Waals surface area contributed by atoms with E-state index >= 15 is 0 Å². The maximum atomic E-state index is 8.32. The van der Waals surface area contributed by atoms with Crippen LogP contribution in [0.1, 0.15) is 0 Å². The van der Waals surface area contributed by atoms with E-state index in [9.17, 15) is 0 Å². The van der Waals surface area contributed by atoms with Gasteiger partial charge in [-0.1, -0.05) is 23.3 Å². The molecule has 1 aromatic heterocycles. The summed E-state index contributed by atoms with van der Waals surface area (Å²) in [5.41, 5.74) is 10.7. The van der Waals surface area contributed by atoms with Gasteiger partial charge in [0.1, 0.15) is 0 Å². The van der Waals surface area contributed by atoms with Crippen molar-refractivity contribution in [2.75, 3.05) is 0 Å². The highest BCUT2D eigenvalue weighted by Crippen LogP contribution is 2.22. The lowest BCUT2D eigenvalue weighted by atomic mass is 10.1. The van der Waals surface area contributed by atoms with Gasteiger partial charge in [0.05, 0.1) is 5.69 Å². The van der Waals surface area contributed by atoms with Crippen LogP contribution in [0.3, 0.4) is 0 Å². The largest absolute Gasteiger partial charge is 0.275 e. The first-order valence-electron chi connectivity index (χ1n) is 4.45. The predicted molar refractivity (Wildman–Crippen MR) is 57.5 cm³/mol. The molecule has 0 fully saturated rings. The van der Waals surface area contributed by atoms with E-state index in [4.69, 9.17) is 5.53 Å². The minimum Gasteiger partial charge on any atom is -0.275 e. The lowest BCUT2D eigenvalue weighted by Gasteiger charge is -1.97. The van der Waals surface area contributed by atoms with Crippen molar-refractivity contribution in [1.29, 1.82) is 0 Å². The van der Waals surface area contributed by atoms with E-state index in [1.807, 2.05) is 37.5 Å². The molecule has 0 radical (unpaired) electrons. The maximum absolute atomic E-state index is 8.32. The Hall–Kier alpha value is -2.26. The van der Waals surface area contributed by atoms with Gasteiger partial charge in [-0.3, -0.25) is 4.68 Å². The summed E-state index contributed by atoms with van der Waals surface area (Å²) >= 11 is 0. The molecule has 0 saturated heterocycles. The molecule has 1 aromatic carbocycles. The zero-order valence-electron chi connectivity index (χ0n) is 8.20. The summed E-state index contributed by atoms with van der Waals surface area (Å²) in [6.45, 7) is 0. The second-order valence-electron chi connectivity index (χ2n) is 3.11. The average Bonchev–Trinajstić information content (AvgIpc) is 2.66. The third kappa shape index (κ3) is 1.98. The number of aromatic nitrogens is 2. The molecule has 0 amide bonds. The molecule has 2 rings (SSSR count).